The van der Waals surface area contributed by atoms with Gasteiger partial charge in [-0.05, 0) is 24.5 Å². The molecule has 0 saturated carbocycles. The molecule has 0 atom stereocenters. The van der Waals surface area contributed by atoms with E-state index in [0.717, 1.165) is 12.1 Å². The Bertz CT molecular complexity index is 665. The SMILES string of the molecule is COc1cccc(Cl)c1-c1nc(CC(C)C)cc(=O)[nH]1. The van der Waals surface area contributed by atoms with Gasteiger partial charge < -0.3 is 9.72 Å². The molecule has 0 unspecified atom stereocenters. The molecule has 0 saturated heterocycles. The molecular weight excluding hydrogens is 276 g/mol. The highest BCUT2D eigenvalue weighted by atomic mass is 35.5. The number of aromatic amines is 1. The van der Waals surface area contributed by atoms with Gasteiger partial charge in [-0.25, -0.2) is 4.98 Å². The van der Waals surface area contributed by atoms with Gasteiger partial charge in [0.05, 0.1) is 17.7 Å². The number of ether oxygens (including phenoxy) is 1. The van der Waals surface area contributed by atoms with Crippen LogP contribution in [-0.4, -0.2) is 17.1 Å². The molecule has 5 heteroatoms. The zero-order valence-corrected chi connectivity index (χ0v) is 12.5. The zero-order valence-electron chi connectivity index (χ0n) is 11.7. The van der Waals surface area contributed by atoms with Crippen molar-refractivity contribution in [1.29, 1.82) is 0 Å². The van der Waals surface area contributed by atoms with E-state index in [1.807, 2.05) is 0 Å². The molecule has 0 radical (unpaired) electrons. The van der Waals surface area contributed by atoms with Crippen LogP contribution in [-0.2, 0) is 6.42 Å². The molecule has 2 aromatic rings. The van der Waals surface area contributed by atoms with Crippen LogP contribution in [0.5, 0.6) is 5.75 Å². The van der Waals surface area contributed by atoms with Crippen LogP contribution in [0.4, 0.5) is 0 Å². The van der Waals surface area contributed by atoms with Crippen molar-refractivity contribution >= 4 is 11.6 Å². The van der Waals surface area contributed by atoms with Gasteiger partial charge in [-0.2, -0.15) is 0 Å². The smallest absolute Gasteiger partial charge is 0.251 e. The molecular formula is C15H17ClN2O2. The summed E-state index contributed by atoms with van der Waals surface area (Å²) in [7, 11) is 1.56. The van der Waals surface area contributed by atoms with E-state index in [0.29, 0.717) is 28.1 Å². The minimum absolute atomic E-state index is 0.187. The first kappa shape index (κ1) is 14.6. The van der Waals surface area contributed by atoms with Crippen molar-refractivity contribution < 1.29 is 4.74 Å². The van der Waals surface area contributed by atoms with Crippen LogP contribution in [0.2, 0.25) is 5.02 Å². The normalized spacial score (nSPS) is 10.8. The van der Waals surface area contributed by atoms with Gasteiger partial charge in [-0.15, -0.1) is 0 Å². The van der Waals surface area contributed by atoms with Crippen molar-refractivity contribution in [3.63, 3.8) is 0 Å². The van der Waals surface area contributed by atoms with Crippen LogP contribution in [0.3, 0.4) is 0 Å². The fraction of sp³-hybridized carbons (Fsp3) is 0.333. The standard InChI is InChI=1S/C15H17ClN2O2/c1-9(2)7-10-8-13(19)18-15(17-10)14-11(16)5-4-6-12(14)20-3/h4-6,8-9H,7H2,1-3H3,(H,17,18,19). The largest absolute Gasteiger partial charge is 0.496 e. The number of aromatic nitrogens is 2. The van der Waals surface area contributed by atoms with E-state index < -0.39 is 0 Å². The summed E-state index contributed by atoms with van der Waals surface area (Å²) < 4.78 is 5.29. The maximum atomic E-state index is 11.8. The van der Waals surface area contributed by atoms with Crippen LogP contribution in [0.1, 0.15) is 19.5 Å². The summed E-state index contributed by atoms with van der Waals surface area (Å²) in [6.07, 6.45) is 0.740. The molecule has 1 aromatic heterocycles. The van der Waals surface area contributed by atoms with Gasteiger partial charge in [0.25, 0.3) is 5.56 Å². The molecule has 0 aliphatic heterocycles. The van der Waals surface area contributed by atoms with Crippen molar-refractivity contribution in [2.45, 2.75) is 20.3 Å². The van der Waals surface area contributed by atoms with Crippen molar-refractivity contribution in [2.24, 2.45) is 5.92 Å². The number of methoxy groups -OCH3 is 1. The number of nitrogens with zero attached hydrogens (tertiary/aromatic N) is 1. The number of hydrogen-bond donors (Lipinski definition) is 1. The van der Waals surface area contributed by atoms with Crippen LogP contribution < -0.4 is 10.3 Å². The van der Waals surface area contributed by atoms with E-state index >= 15 is 0 Å². The summed E-state index contributed by atoms with van der Waals surface area (Å²) >= 11 is 6.21. The summed E-state index contributed by atoms with van der Waals surface area (Å²) in [6.45, 7) is 4.16. The van der Waals surface area contributed by atoms with E-state index in [9.17, 15) is 4.79 Å². The van der Waals surface area contributed by atoms with Gasteiger partial charge in [0.15, 0.2) is 0 Å². The zero-order chi connectivity index (χ0) is 14.7. The average Bonchev–Trinajstić information content (AvgIpc) is 2.36. The van der Waals surface area contributed by atoms with Crippen molar-refractivity contribution in [1.82, 2.24) is 9.97 Å². The predicted octanol–water partition coefficient (Wildman–Crippen LogP) is 3.30. The Labute approximate surface area is 122 Å². The topological polar surface area (TPSA) is 55.0 Å². The molecule has 4 nitrogen and oxygen atoms in total. The molecule has 106 valence electrons. The minimum atomic E-state index is -0.187. The van der Waals surface area contributed by atoms with E-state index in [1.165, 1.54) is 6.07 Å². The molecule has 0 aliphatic rings. The highest BCUT2D eigenvalue weighted by Crippen LogP contribution is 2.33. The lowest BCUT2D eigenvalue weighted by molar-refractivity contribution is 0.416. The molecule has 0 bridgehead atoms. The summed E-state index contributed by atoms with van der Waals surface area (Å²) in [4.78, 5) is 19.0. The van der Waals surface area contributed by atoms with Crippen molar-refractivity contribution in [3.05, 3.63) is 45.3 Å². The second-order valence-electron chi connectivity index (χ2n) is 5.00. The Morgan fingerprint density at radius 3 is 2.80 bits per heavy atom. The van der Waals surface area contributed by atoms with Gasteiger partial charge in [-0.1, -0.05) is 31.5 Å². The highest BCUT2D eigenvalue weighted by Gasteiger charge is 2.14. The first-order chi connectivity index (χ1) is 9.51. The van der Waals surface area contributed by atoms with E-state index in [4.69, 9.17) is 16.3 Å². The Kier molecular flexibility index (Phi) is 4.45. The number of hydrogen-bond acceptors (Lipinski definition) is 3. The van der Waals surface area contributed by atoms with E-state index in [1.54, 1.807) is 25.3 Å². The van der Waals surface area contributed by atoms with Crippen LogP contribution in [0.15, 0.2) is 29.1 Å². The summed E-state index contributed by atoms with van der Waals surface area (Å²) in [5.41, 5.74) is 1.17. The highest BCUT2D eigenvalue weighted by molar-refractivity contribution is 6.33. The number of rotatable bonds is 4. The monoisotopic (exact) mass is 292 g/mol. The maximum absolute atomic E-state index is 11.8. The maximum Gasteiger partial charge on any atom is 0.251 e. The summed E-state index contributed by atoms with van der Waals surface area (Å²) in [6, 6.07) is 6.85. The number of nitrogens with one attached hydrogen (secondary N) is 1. The minimum Gasteiger partial charge on any atom is -0.496 e. The fourth-order valence-corrected chi connectivity index (χ4v) is 2.31. The second-order valence-corrected chi connectivity index (χ2v) is 5.41. The Hall–Kier alpha value is -1.81. The third kappa shape index (κ3) is 3.20. The molecule has 0 amide bonds. The number of H-pyrrole nitrogens is 1. The van der Waals surface area contributed by atoms with Crippen molar-refractivity contribution in [2.75, 3.05) is 7.11 Å². The Morgan fingerprint density at radius 1 is 1.40 bits per heavy atom. The predicted molar refractivity (Wildman–Crippen MR) is 80.4 cm³/mol. The summed E-state index contributed by atoms with van der Waals surface area (Å²) in [5, 5.41) is 0.495. The molecule has 0 aliphatic carbocycles. The van der Waals surface area contributed by atoms with Crippen molar-refractivity contribution in [3.8, 4) is 17.1 Å². The first-order valence-corrected chi connectivity index (χ1v) is 6.82. The average molecular weight is 293 g/mol. The molecule has 0 spiro atoms. The lowest BCUT2D eigenvalue weighted by Gasteiger charge is -2.11. The lowest BCUT2D eigenvalue weighted by atomic mass is 10.1. The van der Waals surface area contributed by atoms with Gasteiger partial charge in [-0.3, -0.25) is 4.79 Å². The quantitative estimate of drug-likeness (QED) is 0.941. The molecule has 0 fully saturated rings. The Balaban J connectivity index is 2.58. The van der Waals surface area contributed by atoms with Gasteiger partial charge in [0, 0.05) is 11.8 Å². The first-order valence-electron chi connectivity index (χ1n) is 6.44. The van der Waals surface area contributed by atoms with Gasteiger partial charge in [0.1, 0.15) is 11.6 Å². The second kappa shape index (κ2) is 6.09. The van der Waals surface area contributed by atoms with Crippen LogP contribution in [0.25, 0.3) is 11.4 Å². The van der Waals surface area contributed by atoms with Crippen LogP contribution in [0, 0.1) is 5.92 Å². The molecule has 2 rings (SSSR count). The number of benzene rings is 1. The third-order valence-electron chi connectivity index (χ3n) is 2.84. The number of halogens is 1. The molecule has 1 heterocycles. The third-order valence-corrected chi connectivity index (χ3v) is 3.16. The van der Waals surface area contributed by atoms with Gasteiger partial charge in [0.2, 0.25) is 0 Å². The lowest BCUT2D eigenvalue weighted by Crippen LogP contribution is -2.12. The molecule has 1 N–H and O–H groups in total. The molecule has 20 heavy (non-hydrogen) atoms. The van der Waals surface area contributed by atoms with E-state index in [-0.39, 0.29) is 5.56 Å². The Morgan fingerprint density at radius 2 is 2.15 bits per heavy atom. The fourth-order valence-electron chi connectivity index (χ4n) is 2.05. The van der Waals surface area contributed by atoms with Gasteiger partial charge >= 0.3 is 0 Å². The summed E-state index contributed by atoms with van der Waals surface area (Å²) in [5.74, 6) is 1.45. The van der Waals surface area contributed by atoms with Crippen LogP contribution >= 0.6 is 11.6 Å². The molecule has 1 aromatic carbocycles. The van der Waals surface area contributed by atoms with E-state index in [2.05, 4.69) is 23.8 Å².